The molecule has 3 heterocycles. The monoisotopic (exact) mass is 628 g/mol. The molecule has 49 heavy (non-hydrogen) atoms. The predicted octanol–water partition coefficient (Wildman–Crippen LogP) is 12.2. The first-order valence-corrected chi connectivity index (χ1v) is 16.9. The quantitative estimate of drug-likeness (QED) is 0.194. The number of aromatic nitrogens is 2. The van der Waals surface area contributed by atoms with Gasteiger partial charge in [-0.15, -0.1) is 0 Å². The molecule has 9 aromatic rings. The molecule has 0 saturated heterocycles. The van der Waals surface area contributed by atoms with Crippen LogP contribution in [-0.2, 0) is 5.41 Å². The average molecular weight is 629 g/mol. The summed E-state index contributed by atoms with van der Waals surface area (Å²) in [7, 11) is 0. The molecule has 3 aromatic heterocycles. The van der Waals surface area contributed by atoms with Gasteiger partial charge in [-0.2, -0.15) is 0 Å². The van der Waals surface area contributed by atoms with Crippen LogP contribution in [0, 0.1) is 0 Å². The Hall–Kier alpha value is -6.19. The number of hydrogen-bond acceptors (Lipinski definition) is 2. The fraction of sp³-hybridized carbons (Fsp3) is 0.0652. The van der Waals surface area contributed by atoms with Gasteiger partial charge in [0.25, 0.3) is 0 Å². The molecule has 0 saturated carbocycles. The number of pyridine rings is 1. The summed E-state index contributed by atoms with van der Waals surface area (Å²) >= 11 is 0. The van der Waals surface area contributed by atoms with E-state index in [0.29, 0.717) is 0 Å². The van der Waals surface area contributed by atoms with Gasteiger partial charge in [-0.25, -0.2) is 4.98 Å². The van der Waals surface area contributed by atoms with Crippen LogP contribution in [0.25, 0.3) is 83.5 Å². The van der Waals surface area contributed by atoms with Crippen molar-refractivity contribution < 1.29 is 4.42 Å². The summed E-state index contributed by atoms with van der Waals surface area (Å²) in [5, 5.41) is 2.26. The lowest BCUT2D eigenvalue weighted by atomic mass is 9.81. The fourth-order valence-corrected chi connectivity index (χ4v) is 8.02. The van der Waals surface area contributed by atoms with Gasteiger partial charge in [-0.3, -0.25) is 4.40 Å². The molecule has 3 heteroatoms. The second-order valence-corrected chi connectivity index (χ2v) is 13.6. The molecule has 0 atom stereocenters. The van der Waals surface area contributed by atoms with E-state index in [2.05, 4.69) is 164 Å². The summed E-state index contributed by atoms with van der Waals surface area (Å²) in [6, 6.07) is 54.1. The molecular formula is C46H32N2O. The minimum Gasteiger partial charge on any atom is -0.455 e. The molecule has 1 aliphatic rings. The lowest BCUT2D eigenvalue weighted by Gasteiger charge is -2.22. The van der Waals surface area contributed by atoms with Crippen LogP contribution in [0.15, 0.2) is 162 Å². The fourth-order valence-electron chi connectivity index (χ4n) is 8.02. The molecule has 0 unspecified atom stereocenters. The lowest BCUT2D eigenvalue weighted by molar-refractivity contribution is 0.660. The normalized spacial score (nSPS) is 13.3. The summed E-state index contributed by atoms with van der Waals surface area (Å²) in [4.78, 5) is 5.02. The van der Waals surface area contributed by atoms with Crippen LogP contribution in [0.5, 0.6) is 0 Å². The van der Waals surface area contributed by atoms with Crippen LogP contribution in [0.3, 0.4) is 0 Å². The van der Waals surface area contributed by atoms with Crippen LogP contribution >= 0.6 is 0 Å². The Morgan fingerprint density at radius 3 is 1.88 bits per heavy atom. The van der Waals surface area contributed by atoms with Crippen molar-refractivity contribution in [1.82, 2.24) is 9.38 Å². The molecule has 1 aliphatic carbocycles. The maximum atomic E-state index is 6.88. The Labute approximate surface area is 284 Å². The van der Waals surface area contributed by atoms with Gasteiger partial charge < -0.3 is 4.42 Å². The number of rotatable bonds is 4. The standard InChI is InChI=1S/C46H32N2O/c1-46(2)39-19-7-6-14-35(39)36-26-25-32(28-40(36)46)34-16-11-18-38-37-17-10-15-33(44(37)49-45(34)38)29-21-23-31(24-22-29)43-42(30-12-4-3-5-13-30)47-41-20-8-9-27-48(41)43/h3-28H,1-2H3. The number of benzene rings is 6. The van der Waals surface area contributed by atoms with Gasteiger partial charge in [0.2, 0.25) is 0 Å². The highest BCUT2D eigenvalue weighted by Crippen LogP contribution is 2.50. The first-order chi connectivity index (χ1) is 24.1. The second-order valence-electron chi connectivity index (χ2n) is 13.6. The largest absolute Gasteiger partial charge is 0.455 e. The van der Waals surface area contributed by atoms with Crippen molar-refractivity contribution in [2.75, 3.05) is 0 Å². The van der Waals surface area contributed by atoms with Crippen LogP contribution in [-0.4, -0.2) is 9.38 Å². The second kappa shape index (κ2) is 10.4. The van der Waals surface area contributed by atoms with Crippen molar-refractivity contribution in [2.45, 2.75) is 19.3 Å². The summed E-state index contributed by atoms with van der Waals surface area (Å²) < 4.78 is 9.06. The van der Waals surface area contributed by atoms with Gasteiger partial charge in [-0.05, 0) is 51.6 Å². The predicted molar refractivity (Wildman–Crippen MR) is 202 cm³/mol. The highest BCUT2D eigenvalue weighted by atomic mass is 16.3. The molecule has 3 nitrogen and oxygen atoms in total. The number of para-hydroxylation sites is 2. The SMILES string of the molecule is CC1(C)c2ccccc2-c2ccc(-c3cccc4c3oc3c(-c5ccc(-c6c(-c7ccccc7)nc7ccccn67)cc5)cccc34)cc21. The zero-order chi connectivity index (χ0) is 32.7. The molecular weight excluding hydrogens is 597 g/mol. The van der Waals surface area contributed by atoms with Crippen molar-refractivity contribution >= 4 is 27.6 Å². The maximum absolute atomic E-state index is 6.88. The Bertz CT molecular complexity index is 2730. The van der Waals surface area contributed by atoms with E-state index in [0.717, 1.165) is 66.8 Å². The van der Waals surface area contributed by atoms with Crippen molar-refractivity contribution in [3.8, 4) is 55.9 Å². The van der Waals surface area contributed by atoms with Gasteiger partial charge in [0.15, 0.2) is 0 Å². The number of furan rings is 1. The van der Waals surface area contributed by atoms with Crippen molar-refractivity contribution in [1.29, 1.82) is 0 Å². The highest BCUT2D eigenvalue weighted by Gasteiger charge is 2.35. The van der Waals surface area contributed by atoms with E-state index < -0.39 is 0 Å². The van der Waals surface area contributed by atoms with E-state index >= 15 is 0 Å². The Kier molecular flexibility index (Phi) is 5.92. The van der Waals surface area contributed by atoms with Crippen LogP contribution in [0.1, 0.15) is 25.0 Å². The number of hydrogen-bond donors (Lipinski definition) is 0. The van der Waals surface area contributed by atoms with Crippen LogP contribution < -0.4 is 0 Å². The van der Waals surface area contributed by atoms with E-state index in [9.17, 15) is 0 Å². The zero-order valence-corrected chi connectivity index (χ0v) is 27.3. The summed E-state index contributed by atoms with van der Waals surface area (Å²) in [5.74, 6) is 0. The minimum atomic E-state index is -0.0614. The summed E-state index contributed by atoms with van der Waals surface area (Å²) in [6.45, 7) is 4.66. The van der Waals surface area contributed by atoms with E-state index in [1.165, 1.54) is 27.8 Å². The Morgan fingerprint density at radius 2 is 1.10 bits per heavy atom. The molecule has 6 aromatic carbocycles. The average Bonchev–Trinajstić information content (AvgIpc) is 3.80. The van der Waals surface area contributed by atoms with Crippen molar-refractivity contribution in [3.05, 3.63) is 169 Å². The Balaban J connectivity index is 1.08. The molecule has 0 radical (unpaired) electrons. The third kappa shape index (κ3) is 4.12. The number of fused-ring (bicyclic) bond motifs is 7. The van der Waals surface area contributed by atoms with Crippen molar-refractivity contribution in [2.24, 2.45) is 0 Å². The molecule has 232 valence electrons. The number of imidazole rings is 1. The van der Waals surface area contributed by atoms with Gasteiger partial charge in [-0.1, -0.05) is 147 Å². The topological polar surface area (TPSA) is 30.4 Å². The van der Waals surface area contributed by atoms with Crippen molar-refractivity contribution in [3.63, 3.8) is 0 Å². The van der Waals surface area contributed by atoms with E-state index in [-0.39, 0.29) is 5.41 Å². The molecule has 0 fully saturated rings. The van der Waals surface area contributed by atoms with E-state index in [1.807, 2.05) is 12.1 Å². The third-order valence-corrected chi connectivity index (χ3v) is 10.5. The maximum Gasteiger partial charge on any atom is 0.143 e. The number of nitrogens with zero attached hydrogens (tertiary/aromatic N) is 2. The lowest BCUT2D eigenvalue weighted by Crippen LogP contribution is -2.14. The summed E-state index contributed by atoms with van der Waals surface area (Å²) in [5.41, 5.74) is 16.9. The molecule has 10 rings (SSSR count). The van der Waals surface area contributed by atoms with Gasteiger partial charge >= 0.3 is 0 Å². The Morgan fingerprint density at radius 1 is 0.490 bits per heavy atom. The zero-order valence-electron chi connectivity index (χ0n) is 27.3. The molecule has 0 amide bonds. The smallest absolute Gasteiger partial charge is 0.143 e. The minimum absolute atomic E-state index is 0.0614. The molecule has 0 aliphatic heterocycles. The summed E-state index contributed by atoms with van der Waals surface area (Å²) in [6.07, 6.45) is 2.09. The van der Waals surface area contributed by atoms with Gasteiger partial charge in [0.1, 0.15) is 16.8 Å². The van der Waals surface area contributed by atoms with Gasteiger partial charge in [0.05, 0.1) is 11.4 Å². The molecule has 0 spiro atoms. The molecule has 0 bridgehead atoms. The van der Waals surface area contributed by atoms with Gasteiger partial charge in [0, 0.05) is 44.6 Å². The first-order valence-electron chi connectivity index (χ1n) is 16.9. The van der Waals surface area contributed by atoms with E-state index in [4.69, 9.17) is 9.40 Å². The third-order valence-electron chi connectivity index (χ3n) is 10.5. The van der Waals surface area contributed by atoms with Crippen LogP contribution in [0.2, 0.25) is 0 Å². The first kappa shape index (κ1) is 27.9. The van der Waals surface area contributed by atoms with E-state index in [1.54, 1.807) is 0 Å². The van der Waals surface area contributed by atoms with Crippen LogP contribution in [0.4, 0.5) is 0 Å². The highest BCUT2D eigenvalue weighted by molar-refractivity contribution is 6.13. The molecule has 0 N–H and O–H groups in total.